The van der Waals surface area contributed by atoms with E-state index < -0.39 is 12.0 Å². The smallest absolute Gasteiger partial charge is 0.340 e. The third-order valence-electron chi connectivity index (χ3n) is 6.26. The predicted molar refractivity (Wildman–Crippen MR) is 134 cm³/mol. The second kappa shape index (κ2) is 12.8. The first-order valence-corrected chi connectivity index (χ1v) is 12.5. The Hall–Kier alpha value is -2.75. The fourth-order valence-electron chi connectivity index (χ4n) is 4.41. The summed E-state index contributed by atoms with van der Waals surface area (Å²) in [4.78, 5) is 39.9. The summed E-state index contributed by atoms with van der Waals surface area (Å²) < 4.78 is 21.8. The lowest BCUT2D eigenvalue weighted by Crippen LogP contribution is -2.49. The predicted octanol–water partition coefficient (Wildman–Crippen LogP) is 4.96. The van der Waals surface area contributed by atoms with Crippen molar-refractivity contribution in [3.8, 4) is 10.8 Å². The van der Waals surface area contributed by atoms with E-state index in [1.807, 2.05) is 0 Å². The van der Waals surface area contributed by atoms with Gasteiger partial charge in [-0.15, -0.1) is 0 Å². The average molecular weight is 504 g/mol. The molecule has 0 bridgehead atoms. The molecule has 0 atom stereocenters. The minimum absolute atomic E-state index is 0.0521. The van der Waals surface area contributed by atoms with Gasteiger partial charge in [-0.05, 0) is 61.9 Å². The van der Waals surface area contributed by atoms with Crippen molar-refractivity contribution in [2.24, 2.45) is 11.8 Å². The van der Waals surface area contributed by atoms with Crippen LogP contribution in [0.1, 0.15) is 52.6 Å². The van der Waals surface area contributed by atoms with Crippen molar-refractivity contribution >= 4 is 35.2 Å². The molecule has 0 unspecified atom stereocenters. The molecule has 1 heterocycles. The quantitative estimate of drug-likeness (QED) is 0.316. The number of aldehydes is 1. The highest BCUT2D eigenvalue weighted by Crippen LogP contribution is 2.36. The van der Waals surface area contributed by atoms with Gasteiger partial charge in [0.15, 0.2) is 11.3 Å². The second-order valence-corrected chi connectivity index (χ2v) is 9.85. The number of amides is 1. The van der Waals surface area contributed by atoms with Gasteiger partial charge in [0.25, 0.3) is 0 Å². The summed E-state index contributed by atoms with van der Waals surface area (Å²) in [7, 11) is 4.44. The number of carbonyl (C=O) groups excluding carboxylic acids is 3. The third kappa shape index (κ3) is 6.68. The molecule has 190 valence electrons. The number of rotatable bonds is 11. The van der Waals surface area contributed by atoms with Gasteiger partial charge in [0, 0.05) is 20.1 Å². The maximum Gasteiger partial charge on any atom is 0.340 e. The number of ether oxygens (including phenoxy) is 4. The first-order valence-electron chi connectivity index (χ1n) is 11.7. The number of carbonyl (C=O) groups is 3. The topological polar surface area (TPSA) is 91.4 Å². The van der Waals surface area contributed by atoms with E-state index in [1.165, 1.54) is 18.4 Å². The maximum atomic E-state index is 13.9. The SMILES string of the molecule is COCC(COC)N(C(=O)C1CCC(C)CC1)c1ccc(Oc2ccc(C=O)s2)cc1C(=O)OC. The van der Waals surface area contributed by atoms with E-state index in [2.05, 4.69) is 6.92 Å². The molecule has 0 aliphatic heterocycles. The van der Waals surface area contributed by atoms with Gasteiger partial charge in [-0.3, -0.25) is 9.59 Å². The molecule has 0 spiro atoms. The van der Waals surface area contributed by atoms with Gasteiger partial charge >= 0.3 is 5.97 Å². The van der Waals surface area contributed by atoms with Crippen LogP contribution in [0.2, 0.25) is 0 Å². The Labute approximate surface area is 210 Å². The van der Waals surface area contributed by atoms with E-state index in [1.54, 1.807) is 49.5 Å². The van der Waals surface area contributed by atoms with Gasteiger partial charge in [0.1, 0.15) is 5.75 Å². The lowest BCUT2D eigenvalue weighted by molar-refractivity contribution is -0.124. The highest BCUT2D eigenvalue weighted by atomic mass is 32.1. The van der Waals surface area contributed by atoms with E-state index in [0.717, 1.165) is 32.0 Å². The molecule has 9 heteroatoms. The summed E-state index contributed by atoms with van der Waals surface area (Å²) in [6.45, 7) is 2.69. The Morgan fingerprint density at radius 1 is 1.06 bits per heavy atom. The van der Waals surface area contributed by atoms with E-state index in [4.69, 9.17) is 18.9 Å². The molecule has 2 aromatic rings. The first-order chi connectivity index (χ1) is 16.9. The fourth-order valence-corrected chi connectivity index (χ4v) is 5.10. The Bertz CT molecular complexity index is 1010. The lowest BCUT2D eigenvalue weighted by Gasteiger charge is -2.36. The normalized spacial score (nSPS) is 17.7. The standard InChI is InChI=1S/C26H33NO7S/c1-17-5-7-18(8-6-17)25(29)27(19(15-31-2)16-32-3)23-11-9-20(13-22(23)26(30)33-4)34-24-12-10-21(14-28)35-24/h9-14,17-19H,5-8,15-16H2,1-4H3. The van der Waals surface area contributed by atoms with Gasteiger partial charge in [-0.1, -0.05) is 18.3 Å². The van der Waals surface area contributed by atoms with Gasteiger partial charge < -0.3 is 23.8 Å². The maximum absolute atomic E-state index is 13.9. The Balaban J connectivity index is 2.02. The minimum Gasteiger partial charge on any atom is -0.465 e. The van der Waals surface area contributed by atoms with E-state index in [0.29, 0.717) is 27.3 Å². The van der Waals surface area contributed by atoms with Crippen LogP contribution in [0.3, 0.4) is 0 Å². The molecule has 1 aliphatic rings. The number of methoxy groups -OCH3 is 3. The number of anilines is 1. The van der Waals surface area contributed by atoms with Gasteiger partial charge in [-0.2, -0.15) is 0 Å². The van der Waals surface area contributed by atoms with Crippen LogP contribution in [-0.4, -0.2) is 58.7 Å². The van der Waals surface area contributed by atoms with E-state index in [9.17, 15) is 14.4 Å². The summed E-state index contributed by atoms with van der Waals surface area (Å²) in [6, 6.07) is 7.86. The van der Waals surface area contributed by atoms with Gasteiger partial charge in [-0.25, -0.2) is 4.79 Å². The van der Waals surface area contributed by atoms with Gasteiger partial charge in [0.05, 0.1) is 42.5 Å². The largest absolute Gasteiger partial charge is 0.465 e. The van der Waals surface area contributed by atoms with Crippen LogP contribution in [0.15, 0.2) is 30.3 Å². The van der Waals surface area contributed by atoms with Crippen LogP contribution in [0.25, 0.3) is 0 Å². The zero-order valence-electron chi connectivity index (χ0n) is 20.7. The highest BCUT2D eigenvalue weighted by Gasteiger charge is 2.35. The zero-order chi connectivity index (χ0) is 25.4. The third-order valence-corrected chi connectivity index (χ3v) is 7.14. The minimum atomic E-state index is -0.589. The molecule has 1 saturated carbocycles. The number of thiophene rings is 1. The van der Waals surface area contributed by atoms with Crippen LogP contribution in [0.5, 0.6) is 10.8 Å². The van der Waals surface area contributed by atoms with Crippen LogP contribution in [-0.2, 0) is 19.0 Å². The van der Waals surface area contributed by atoms with Crippen molar-refractivity contribution in [3.63, 3.8) is 0 Å². The molecular formula is C26H33NO7S. The van der Waals surface area contributed by atoms with Crippen LogP contribution in [0, 0.1) is 11.8 Å². The number of benzene rings is 1. The van der Waals surface area contributed by atoms with Crippen LogP contribution < -0.4 is 9.64 Å². The van der Waals surface area contributed by atoms with Crippen molar-refractivity contribution in [1.29, 1.82) is 0 Å². The van der Waals surface area contributed by atoms with Crippen molar-refractivity contribution in [2.75, 3.05) is 39.4 Å². The van der Waals surface area contributed by atoms with Crippen molar-refractivity contribution < 1.29 is 33.3 Å². The lowest BCUT2D eigenvalue weighted by atomic mass is 9.82. The summed E-state index contributed by atoms with van der Waals surface area (Å²) >= 11 is 1.20. The Morgan fingerprint density at radius 2 is 1.74 bits per heavy atom. The number of nitrogens with zero attached hydrogens (tertiary/aromatic N) is 1. The molecular weight excluding hydrogens is 470 g/mol. The van der Waals surface area contributed by atoms with Gasteiger partial charge in [0.2, 0.25) is 5.91 Å². The molecule has 0 N–H and O–H groups in total. The molecule has 35 heavy (non-hydrogen) atoms. The molecule has 0 saturated heterocycles. The molecule has 1 fully saturated rings. The summed E-state index contributed by atoms with van der Waals surface area (Å²) in [5.74, 6) is 0.206. The molecule has 8 nitrogen and oxygen atoms in total. The summed E-state index contributed by atoms with van der Waals surface area (Å²) in [5.41, 5.74) is 0.624. The second-order valence-electron chi connectivity index (χ2n) is 8.78. The molecule has 1 aliphatic carbocycles. The van der Waals surface area contributed by atoms with Crippen LogP contribution in [0.4, 0.5) is 5.69 Å². The Kier molecular flexibility index (Phi) is 9.83. The summed E-state index contributed by atoms with van der Waals surface area (Å²) in [6.07, 6.45) is 4.33. The van der Waals surface area contributed by atoms with Crippen molar-refractivity contribution in [1.82, 2.24) is 0 Å². The first kappa shape index (κ1) is 26.8. The molecule has 1 amide bonds. The number of hydrogen-bond acceptors (Lipinski definition) is 8. The highest BCUT2D eigenvalue weighted by molar-refractivity contribution is 7.15. The van der Waals surface area contributed by atoms with Crippen LogP contribution >= 0.6 is 11.3 Å². The summed E-state index contributed by atoms with van der Waals surface area (Å²) in [5, 5.41) is 0.511. The molecule has 0 radical (unpaired) electrons. The zero-order valence-corrected chi connectivity index (χ0v) is 21.5. The molecule has 1 aromatic heterocycles. The average Bonchev–Trinajstić information content (AvgIpc) is 3.32. The number of hydrogen-bond donors (Lipinski definition) is 0. The number of esters is 1. The van der Waals surface area contributed by atoms with Crippen molar-refractivity contribution in [2.45, 2.75) is 38.6 Å². The monoisotopic (exact) mass is 503 g/mol. The molecule has 3 rings (SSSR count). The van der Waals surface area contributed by atoms with Crippen molar-refractivity contribution in [3.05, 3.63) is 40.8 Å². The Morgan fingerprint density at radius 3 is 2.31 bits per heavy atom. The van der Waals surface area contributed by atoms with E-state index in [-0.39, 0.29) is 30.6 Å². The van der Waals surface area contributed by atoms with E-state index >= 15 is 0 Å². The fraction of sp³-hybridized carbons (Fsp3) is 0.500. The molecule has 1 aromatic carbocycles.